The molecule has 1 aromatic heterocycles. The molecule has 2 heterocycles. The first-order valence-corrected chi connectivity index (χ1v) is 13.3. The molecule has 1 unspecified atom stereocenters. The van der Waals surface area contributed by atoms with Crippen molar-refractivity contribution in [1.29, 1.82) is 0 Å². The Hall–Kier alpha value is -5.06. The average Bonchev–Trinajstić information content (AvgIpc) is 3.50. The highest BCUT2D eigenvalue weighted by Crippen LogP contribution is 2.25. The van der Waals surface area contributed by atoms with Crippen molar-refractivity contribution in [3.63, 3.8) is 0 Å². The van der Waals surface area contributed by atoms with Crippen molar-refractivity contribution in [2.24, 2.45) is 7.05 Å². The number of carbonyl (C=O) groups excluding carboxylic acids is 4. The molecule has 0 radical (unpaired) electrons. The third-order valence-corrected chi connectivity index (χ3v) is 6.42. The first kappa shape index (κ1) is 29.9. The second kappa shape index (κ2) is 11.8. The van der Waals surface area contributed by atoms with Crippen LogP contribution in [0.2, 0.25) is 0 Å². The van der Waals surface area contributed by atoms with Crippen LogP contribution in [0.4, 0.5) is 16.2 Å². The van der Waals surface area contributed by atoms with E-state index in [2.05, 4.69) is 21.3 Å². The van der Waals surface area contributed by atoms with E-state index in [4.69, 9.17) is 9.47 Å². The number of anilines is 2. The molecule has 2 aromatic carbocycles. The Morgan fingerprint density at radius 1 is 0.905 bits per heavy atom. The molecule has 1 aliphatic heterocycles. The molecule has 0 aliphatic carbocycles. The Morgan fingerprint density at radius 2 is 1.50 bits per heavy atom. The van der Waals surface area contributed by atoms with Crippen LogP contribution in [-0.4, -0.2) is 53.2 Å². The summed E-state index contributed by atoms with van der Waals surface area (Å²) in [4.78, 5) is 49.6. The van der Waals surface area contributed by atoms with Gasteiger partial charge in [0.15, 0.2) is 0 Å². The molecule has 0 saturated heterocycles. The minimum absolute atomic E-state index is 0.302. The Kier molecular flexibility index (Phi) is 8.41. The lowest BCUT2D eigenvalue weighted by atomic mass is 10.0. The molecule has 1 atom stereocenters. The molecule has 1 aliphatic rings. The second-order valence-corrected chi connectivity index (χ2v) is 11.2. The number of carbonyl (C=O) groups is 4. The lowest BCUT2D eigenvalue weighted by molar-refractivity contribution is -0.113. The Bertz CT molecular complexity index is 1530. The molecule has 42 heavy (non-hydrogen) atoms. The van der Waals surface area contributed by atoms with Gasteiger partial charge in [0.25, 0.3) is 11.8 Å². The summed E-state index contributed by atoms with van der Waals surface area (Å²) in [7, 11) is 3.09. The fourth-order valence-corrected chi connectivity index (χ4v) is 4.36. The smallest absolute Gasteiger partial charge is 0.408 e. The molecule has 4 N–H and O–H groups in total. The van der Waals surface area contributed by atoms with Crippen molar-refractivity contribution in [1.82, 2.24) is 15.2 Å². The molecule has 11 nitrogen and oxygen atoms in total. The fraction of sp³-hybridized carbons (Fsp3) is 0.290. The number of hydrogen-bond acceptors (Lipinski definition) is 7. The van der Waals surface area contributed by atoms with Crippen molar-refractivity contribution < 1.29 is 28.7 Å². The minimum atomic E-state index is -0.775. The normalized spacial score (nSPS) is 16.1. The predicted octanol–water partition coefficient (Wildman–Crippen LogP) is 4.44. The maximum absolute atomic E-state index is 12.9. The monoisotopic (exact) mass is 573 g/mol. The number of esters is 1. The van der Waals surface area contributed by atoms with Crippen LogP contribution in [0.5, 0.6) is 0 Å². The molecular formula is C31H35N5O6. The van der Waals surface area contributed by atoms with E-state index in [0.29, 0.717) is 34.9 Å². The van der Waals surface area contributed by atoms with Gasteiger partial charge >= 0.3 is 12.1 Å². The molecule has 0 spiro atoms. The lowest BCUT2D eigenvalue weighted by Gasteiger charge is -2.26. The van der Waals surface area contributed by atoms with Gasteiger partial charge in [-0.2, -0.15) is 0 Å². The summed E-state index contributed by atoms with van der Waals surface area (Å²) in [5.41, 5.74) is 2.59. The number of benzene rings is 2. The van der Waals surface area contributed by atoms with E-state index in [1.54, 1.807) is 87.9 Å². The van der Waals surface area contributed by atoms with Crippen LogP contribution in [0.1, 0.15) is 48.5 Å². The van der Waals surface area contributed by atoms with E-state index in [9.17, 15) is 19.2 Å². The third-order valence-electron chi connectivity index (χ3n) is 6.42. The molecule has 4 rings (SSSR count). The van der Waals surface area contributed by atoms with Gasteiger partial charge in [0.1, 0.15) is 11.3 Å². The van der Waals surface area contributed by atoms with Gasteiger partial charge in [-0.3, -0.25) is 9.59 Å². The molecular weight excluding hydrogens is 538 g/mol. The quantitative estimate of drug-likeness (QED) is 0.307. The zero-order valence-electron chi connectivity index (χ0n) is 24.5. The standard InChI is InChI=1S/C31H35N5O6/c1-30(2,3)42-29(40)35-31(4)16-24(32-18-31)26(37)33-22-11-7-19(8-12-22)21-15-25(36(5)17-21)27(38)34-23-13-9-20(10-14-23)28(39)41-6/h7-17,32H,18H2,1-6H3,(H,33,37)(H,34,38)(H,35,40). The van der Waals surface area contributed by atoms with E-state index in [1.807, 2.05) is 18.3 Å². The zero-order valence-corrected chi connectivity index (χ0v) is 24.5. The van der Waals surface area contributed by atoms with Gasteiger partial charge in [-0.1, -0.05) is 12.1 Å². The van der Waals surface area contributed by atoms with Crippen molar-refractivity contribution >= 4 is 35.3 Å². The first-order chi connectivity index (χ1) is 19.7. The highest BCUT2D eigenvalue weighted by atomic mass is 16.6. The summed E-state index contributed by atoms with van der Waals surface area (Å²) in [5.74, 6) is -1.09. The Balaban J connectivity index is 1.37. The van der Waals surface area contributed by atoms with Gasteiger partial charge in [0.2, 0.25) is 0 Å². The molecule has 0 saturated carbocycles. The van der Waals surface area contributed by atoms with Crippen molar-refractivity contribution in [3.8, 4) is 11.1 Å². The molecule has 220 valence electrons. The van der Waals surface area contributed by atoms with Crippen LogP contribution in [0.15, 0.2) is 72.6 Å². The van der Waals surface area contributed by atoms with E-state index in [-0.39, 0.29) is 11.8 Å². The van der Waals surface area contributed by atoms with Crippen LogP contribution in [0.25, 0.3) is 11.1 Å². The number of aromatic nitrogens is 1. The highest BCUT2D eigenvalue weighted by molar-refractivity contribution is 6.05. The summed E-state index contributed by atoms with van der Waals surface area (Å²) in [6.07, 6.45) is 2.95. The first-order valence-electron chi connectivity index (χ1n) is 13.3. The number of nitrogens with zero attached hydrogens (tertiary/aromatic N) is 1. The van der Waals surface area contributed by atoms with Gasteiger partial charge < -0.3 is 35.3 Å². The van der Waals surface area contributed by atoms with Gasteiger partial charge in [-0.05, 0) is 81.8 Å². The average molecular weight is 574 g/mol. The van der Waals surface area contributed by atoms with Crippen LogP contribution >= 0.6 is 0 Å². The summed E-state index contributed by atoms with van der Waals surface area (Å²) < 4.78 is 11.7. The molecule has 0 fully saturated rings. The molecule has 3 amide bonds. The number of amides is 3. The Morgan fingerprint density at radius 3 is 2.10 bits per heavy atom. The number of nitrogens with one attached hydrogen (secondary N) is 4. The van der Waals surface area contributed by atoms with E-state index in [1.165, 1.54) is 7.11 Å². The van der Waals surface area contributed by atoms with Gasteiger partial charge in [-0.25, -0.2) is 9.59 Å². The van der Waals surface area contributed by atoms with Gasteiger partial charge in [0, 0.05) is 36.7 Å². The third kappa shape index (κ3) is 7.36. The van der Waals surface area contributed by atoms with Crippen molar-refractivity contribution in [2.75, 3.05) is 24.3 Å². The number of methoxy groups -OCH3 is 1. The van der Waals surface area contributed by atoms with Crippen LogP contribution in [0, 0.1) is 0 Å². The van der Waals surface area contributed by atoms with E-state index < -0.39 is 23.2 Å². The zero-order chi connectivity index (χ0) is 30.7. The lowest BCUT2D eigenvalue weighted by Crippen LogP contribution is -2.49. The predicted molar refractivity (Wildman–Crippen MR) is 159 cm³/mol. The SMILES string of the molecule is COC(=O)c1ccc(NC(=O)c2cc(-c3ccc(NC(=O)C4=CC(C)(NC(=O)OC(C)(C)C)CN4)cc3)cn2C)cc1. The van der Waals surface area contributed by atoms with Gasteiger partial charge in [0.05, 0.1) is 23.9 Å². The van der Waals surface area contributed by atoms with Crippen molar-refractivity contribution in [3.05, 3.63) is 83.8 Å². The molecule has 0 bridgehead atoms. The summed E-state index contributed by atoms with van der Waals surface area (Å²) >= 11 is 0. The second-order valence-electron chi connectivity index (χ2n) is 11.2. The summed E-state index contributed by atoms with van der Waals surface area (Å²) in [5, 5.41) is 11.5. The van der Waals surface area contributed by atoms with Gasteiger partial charge in [-0.15, -0.1) is 0 Å². The van der Waals surface area contributed by atoms with E-state index in [0.717, 1.165) is 11.1 Å². The molecule has 3 aromatic rings. The number of ether oxygens (including phenoxy) is 2. The maximum Gasteiger partial charge on any atom is 0.408 e. The topological polar surface area (TPSA) is 140 Å². The summed E-state index contributed by atoms with van der Waals surface area (Å²) in [6, 6.07) is 15.5. The minimum Gasteiger partial charge on any atom is -0.465 e. The maximum atomic E-state index is 12.9. The fourth-order valence-electron chi connectivity index (χ4n) is 4.36. The highest BCUT2D eigenvalue weighted by Gasteiger charge is 2.33. The van der Waals surface area contributed by atoms with Crippen LogP contribution in [-0.2, 0) is 21.3 Å². The largest absolute Gasteiger partial charge is 0.465 e. The van der Waals surface area contributed by atoms with E-state index >= 15 is 0 Å². The molecule has 11 heteroatoms. The van der Waals surface area contributed by atoms with Crippen LogP contribution in [0.3, 0.4) is 0 Å². The Labute approximate surface area is 244 Å². The number of hydrogen-bond donors (Lipinski definition) is 4. The number of alkyl carbamates (subject to hydrolysis) is 1. The van der Waals surface area contributed by atoms with Crippen LogP contribution < -0.4 is 21.3 Å². The summed E-state index contributed by atoms with van der Waals surface area (Å²) in [6.45, 7) is 7.49. The van der Waals surface area contributed by atoms with Crippen molar-refractivity contribution in [2.45, 2.75) is 38.8 Å². The number of rotatable bonds is 7. The number of aryl methyl sites for hydroxylation is 1.